The highest BCUT2D eigenvalue weighted by Crippen LogP contribution is 2.44. The van der Waals surface area contributed by atoms with Crippen molar-refractivity contribution in [2.45, 2.75) is 6.54 Å². The molecule has 0 fully saturated rings. The number of anilines is 1. The first-order valence-corrected chi connectivity index (χ1v) is 14.0. The minimum atomic E-state index is -4.30. The summed E-state index contributed by atoms with van der Waals surface area (Å²) in [7, 11) is -4.30. The number of nitrogens with one attached hydrogen (secondary N) is 1. The fourth-order valence-electron chi connectivity index (χ4n) is 4.40. The average molecular weight is 563 g/mol. The van der Waals surface area contributed by atoms with Crippen LogP contribution in [0.15, 0.2) is 108 Å². The first-order valence-electron chi connectivity index (χ1n) is 12.2. The quantitative estimate of drug-likeness (QED) is 0.276. The molecule has 39 heavy (non-hydrogen) atoms. The van der Waals surface area contributed by atoms with Gasteiger partial charge in [-0.2, -0.15) is 0 Å². The third kappa shape index (κ3) is 5.67. The lowest BCUT2D eigenvalue weighted by atomic mass is 9.95. The Morgan fingerprint density at radius 3 is 2.26 bits per heavy atom. The smallest absolute Gasteiger partial charge is 0.270 e. The standard InChI is InChI=1S/C30H24ClFN2O4S/c31-23-11-16-27-26(19-23)28(22-9-5-2-6-10-22)29(39(36,37)34(27)20-21-7-3-1-4-8-21)30(35)33-17-18-38-25-14-12-24(32)13-15-25/h1-16,19H,17-18,20H2,(H,33,35). The Bertz CT molecular complexity index is 1630. The molecule has 0 aromatic heterocycles. The van der Waals surface area contributed by atoms with Gasteiger partial charge in [-0.05, 0) is 53.6 Å². The zero-order chi connectivity index (χ0) is 27.4. The van der Waals surface area contributed by atoms with Gasteiger partial charge in [-0.1, -0.05) is 72.3 Å². The molecule has 1 amide bonds. The molecule has 1 aliphatic rings. The van der Waals surface area contributed by atoms with Crippen molar-refractivity contribution in [3.63, 3.8) is 0 Å². The van der Waals surface area contributed by atoms with Gasteiger partial charge in [0.1, 0.15) is 18.2 Å². The summed E-state index contributed by atoms with van der Waals surface area (Å²) < 4.78 is 48.3. The second kappa shape index (κ2) is 11.3. The molecular weight excluding hydrogens is 539 g/mol. The van der Waals surface area contributed by atoms with E-state index in [4.69, 9.17) is 16.3 Å². The highest BCUT2D eigenvalue weighted by molar-refractivity contribution is 7.97. The van der Waals surface area contributed by atoms with Gasteiger partial charge < -0.3 is 10.1 Å². The maximum atomic E-state index is 14.2. The van der Waals surface area contributed by atoms with Gasteiger partial charge in [-0.3, -0.25) is 9.10 Å². The summed E-state index contributed by atoms with van der Waals surface area (Å²) in [5.74, 6) is -0.725. The SMILES string of the molecule is O=C(NCCOc1ccc(F)cc1)C1=C(c2ccccc2)c2cc(Cl)ccc2N(Cc2ccccc2)S1(=O)=O. The summed E-state index contributed by atoms with van der Waals surface area (Å²) in [6.45, 7) is 0.115. The van der Waals surface area contributed by atoms with E-state index < -0.39 is 15.9 Å². The fourth-order valence-corrected chi connectivity index (χ4v) is 6.32. The molecule has 4 aromatic carbocycles. The molecule has 0 aliphatic carbocycles. The van der Waals surface area contributed by atoms with Crippen molar-refractivity contribution in [2.24, 2.45) is 0 Å². The number of halogens is 2. The number of carbonyl (C=O) groups is 1. The lowest BCUT2D eigenvalue weighted by Crippen LogP contribution is -2.42. The van der Waals surface area contributed by atoms with E-state index >= 15 is 0 Å². The first-order chi connectivity index (χ1) is 18.8. The predicted octanol–water partition coefficient (Wildman–Crippen LogP) is 5.78. The van der Waals surface area contributed by atoms with Crippen molar-refractivity contribution < 1.29 is 22.3 Å². The monoisotopic (exact) mass is 562 g/mol. The largest absolute Gasteiger partial charge is 0.492 e. The van der Waals surface area contributed by atoms with E-state index in [1.165, 1.54) is 28.6 Å². The summed E-state index contributed by atoms with van der Waals surface area (Å²) in [5.41, 5.74) is 2.56. The van der Waals surface area contributed by atoms with Crippen LogP contribution in [-0.2, 0) is 21.4 Å². The van der Waals surface area contributed by atoms with Crippen LogP contribution in [0.4, 0.5) is 10.1 Å². The third-order valence-electron chi connectivity index (χ3n) is 6.18. The first kappa shape index (κ1) is 26.5. The van der Waals surface area contributed by atoms with Crippen LogP contribution < -0.4 is 14.4 Å². The maximum absolute atomic E-state index is 14.2. The molecule has 0 atom stereocenters. The normalized spacial score (nSPS) is 14.1. The maximum Gasteiger partial charge on any atom is 0.270 e. The third-order valence-corrected chi connectivity index (χ3v) is 8.23. The predicted molar refractivity (Wildman–Crippen MR) is 150 cm³/mol. The molecule has 198 valence electrons. The Hall–Kier alpha value is -4.14. The average Bonchev–Trinajstić information content (AvgIpc) is 2.94. The molecule has 9 heteroatoms. The second-order valence-corrected chi connectivity index (χ2v) is 11.0. The Balaban J connectivity index is 1.54. The van der Waals surface area contributed by atoms with Crippen LogP contribution >= 0.6 is 11.6 Å². The van der Waals surface area contributed by atoms with E-state index in [0.717, 1.165) is 5.56 Å². The number of benzene rings is 4. The van der Waals surface area contributed by atoms with Gasteiger partial charge >= 0.3 is 0 Å². The highest BCUT2D eigenvalue weighted by atomic mass is 35.5. The molecule has 5 rings (SSSR count). The van der Waals surface area contributed by atoms with Crippen LogP contribution in [0.25, 0.3) is 5.57 Å². The molecular formula is C30H24ClFN2O4S. The summed E-state index contributed by atoms with van der Waals surface area (Å²) in [6, 6.07) is 28.5. The molecule has 0 unspecified atom stereocenters. The number of fused-ring (bicyclic) bond motifs is 1. The molecule has 0 radical (unpaired) electrons. The lowest BCUT2D eigenvalue weighted by Gasteiger charge is -2.33. The van der Waals surface area contributed by atoms with Gasteiger partial charge in [0.2, 0.25) is 0 Å². The van der Waals surface area contributed by atoms with Gasteiger partial charge in [0, 0.05) is 16.2 Å². The molecule has 0 bridgehead atoms. The number of carbonyl (C=O) groups excluding carboxylic acids is 1. The van der Waals surface area contributed by atoms with Gasteiger partial charge in [0.25, 0.3) is 15.9 Å². The van der Waals surface area contributed by atoms with E-state index in [-0.39, 0.29) is 36.0 Å². The molecule has 6 nitrogen and oxygen atoms in total. The van der Waals surface area contributed by atoms with Gasteiger partial charge in [-0.25, -0.2) is 12.8 Å². The Labute approximate surface area is 231 Å². The number of hydrogen-bond donors (Lipinski definition) is 1. The zero-order valence-electron chi connectivity index (χ0n) is 20.7. The van der Waals surface area contributed by atoms with Crippen molar-refractivity contribution in [1.29, 1.82) is 0 Å². The van der Waals surface area contributed by atoms with Crippen molar-refractivity contribution in [2.75, 3.05) is 17.5 Å². The number of ether oxygens (including phenoxy) is 1. The van der Waals surface area contributed by atoms with Crippen molar-refractivity contribution in [3.8, 4) is 5.75 Å². The summed E-state index contributed by atoms with van der Waals surface area (Å²) >= 11 is 6.37. The number of nitrogens with zero attached hydrogens (tertiary/aromatic N) is 1. The second-order valence-electron chi connectivity index (χ2n) is 8.79. The zero-order valence-corrected chi connectivity index (χ0v) is 22.3. The van der Waals surface area contributed by atoms with Gasteiger partial charge in [0.05, 0.1) is 18.8 Å². The fraction of sp³-hybridized carbons (Fsp3) is 0.100. The molecule has 1 heterocycles. The molecule has 0 saturated carbocycles. The summed E-state index contributed by atoms with van der Waals surface area (Å²) in [5, 5.41) is 3.10. The van der Waals surface area contributed by atoms with Crippen LogP contribution in [0.2, 0.25) is 5.02 Å². The molecule has 4 aromatic rings. The molecule has 1 aliphatic heterocycles. The molecule has 0 spiro atoms. The number of amides is 1. The Morgan fingerprint density at radius 1 is 0.897 bits per heavy atom. The van der Waals surface area contributed by atoms with Crippen LogP contribution in [-0.4, -0.2) is 27.5 Å². The number of rotatable bonds is 8. The van der Waals surface area contributed by atoms with Crippen molar-refractivity contribution in [3.05, 3.63) is 136 Å². The number of sulfonamides is 1. The summed E-state index contributed by atoms with van der Waals surface area (Å²) in [6.07, 6.45) is 0. The van der Waals surface area contributed by atoms with E-state index in [0.29, 0.717) is 27.6 Å². The van der Waals surface area contributed by atoms with E-state index in [2.05, 4.69) is 5.32 Å². The van der Waals surface area contributed by atoms with Crippen molar-refractivity contribution in [1.82, 2.24) is 5.32 Å². The van der Waals surface area contributed by atoms with Gasteiger partial charge in [-0.15, -0.1) is 0 Å². The molecule has 1 N–H and O–H groups in total. The lowest BCUT2D eigenvalue weighted by molar-refractivity contribution is -0.116. The van der Waals surface area contributed by atoms with Crippen LogP contribution in [0.5, 0.6) is 5.75 Å². The highest BCUT2D eigenvalue weighted by Gasteiger charge is 2.41. The Morgan fingerprint density at radius 2 is 1.56 bits per heavy atom. The van der Waals surface area contributed by atoms with Gasteiger partial charge in [0.15, 0.2) is 4.91 Å². The van der Waals surface area contributed by atoms with Crippen LogP contribution in [0.3, 0.4) is 0 Å². The molecule has 0 saturated heterocycles. The minimum Gasteiger partial charge on any atom is -0.492 e. The van der Waals surface area contributed by atoms with E-state index in [9.17, 15) is 17.6 Å². The van der Waals surface area contributed by atoms with Crippen molar-refractivity contribution >= 4 is 38.8 Å². The minimum absolute atomic E-state index is 0.0262. The van der Waals surface area contributed by atoms with E-state index in [1.54, 1.807) is 42.5 Å². The van der Waals surface area contributed by atoms with E-state index in [1.807, 2.05) is 36.4 Å². The number of hydrogen-bond acceptors (Lipinski definition) is 4. The summed E-state index contributed by atoms with van der Waals surface area (Å²) in [4.78, 5) is 13.3. The Kier molecular flexibility index (Phi) is 7.67. The topological polar surface area (TPSA) is 75.7 Å². The van der Waals surface area contributed by atoms with Crippen LogP contribution in [0, 0.1) is 5.82 Å². The van der Waals surface area contributed by atoms with Crippen LogP contribution in [0.1, 0.15) is 16.7 Å².